The van der Waals surface area contributed by atoms with Gasteiger partial charge in [0.05, 0.1) is 24.6 Å². The Morgan fingerprint density at radius 1 is 1.30 bits per heavy atom. The number of carboxylic acid groups (broad SMARTS) is 1. The van der Waals surface area contributed by atoms with E-state index in [9.17, 15) is 4.79 Å². The molecule has 2 rings (SSSR count). The number of anilines is 1. The van der Waals surface area contributed by atoms with Crippen molar-refractivity contribution in [2.24, 2.45) is 0 Å². The van der Waals surface area contributed by atoms with Crippen LogP contribution in [0.4, 0.5) is 5.69 Å². The molecule has 20 heavy (non-hydrogen) atoms. The van der Waals surface area contributed by atoms with Crippen molar-refractivity contribution in [3.05, 3.63) is 53.9 Å². The molecule has 0 saturated heterocycles. The van der Waals surface area contributed by atoms with Crippen molar-refractivity contribution in [3.63, 3.8) is 0 Å². The highest BCUT2D eigenvalue weighted by molar-refractivity contribution is 5.93. The zero-order valence-electron chi connectivity index (χ0n) is 11.3. The van der Waals surface area contributed by atoms with Crippen molar-refractivity contribution in [1.82, 2.24) is 4.98 Å². The van der Waals surface area contributed by atoms with Crippen LogP contribution in [0.15, 0.2) is 42.7 Å². The van der Waals surface area contributed by atoms with Gasteiger partial charge in [-0.25, -0.2) is 4.79 Å². The van der Waals surface area contributed by atoms with Crippen molar-refractivity contribution in [3.8, 4) is 5.75 Å². The number of carbonyl (C=O) groups is 1. The highest BCUT2D eigenvalue weighted by Crippen LogP contribution is 2.23. The van der Waals surface area contributed by atoms with Gasteiger partial charge in [0.1, 0.15) is 5.75 Å². The van der Waals surface area contributed by atoms with E-state index in [0.717, 1.165) is 11.3 Å². The third-order valence-corrected chi connectivity index (χ3v) is 3.04. The lowest BCUT2D eigenvalue weighted by Crippen LogP contribution is -2.11. The Balaban J connectivity index is 2.18. The van der Waals surface area contributed by atoms with Gasteiger partial charge in [-0.05, 0) is 30.7 Å². The van der Waals surface area contributed by atoms with Gasteiger partial charge < -0.3 is 15.2 Å². The summed E-state index contributed by atoms with van der Waals surface area (Å²) in [6, 6.07) is 9.05. The number of aromatic nitrogens is 1. The minimum absolute atomic E-state index is 0.0387. The number of rotatable bonds is 5. The molecular formula is C15H16N2O3. The lowest BCUT2D eigenvalue weighted by Gasteiger charge is -2.17. The molecule has 1 atom stereocenters. The Morgan fingerprint density at radius 3 is 2.60 bits per heavy atom. The van der Waals surface area contributed by atoms with Gasteiger partial charge in [0.15, 0.2) is 0 Å². The van der Waals surface area contributed by atoms with Crippen molar-refractivity contribution in [2.45, 2.75) is 13.0 Å². The van der Waals surface area contributed by atoms with Crippen molar-refractivity contribution < 1.29 is 14.6 Å². The van der Waals surface area contributed by atoms with Gasteiger partial charge in [-0.1, -0.05) is 12.1 Å². The molecule has 2 N–H and O–H groups in total. The molecule has 5 heteroatoms. The summed E-state index contributed by atoms with van der Waals surface area (Å²) in [6.45, 7) is 1.96. The van der Waals surface area contributed by atoms with Crippen LogP contribution in [-0.2, 0) is 0 Å². The quantitative estimate of drug-likeness (QED) is 0.875. The summed E-state index contributed by atoms with van der Waals surface area (Å²) in [5.41, 5.74) is 1.75. The average Bonchev–Trinajstić information content (AvgIpc) is 2.47. The van der Waals surface area contributed by atoms with Gasteiger partial charge in [-0.3, -0.25) is 4.98 Å². The first-order valence-corrected chi connectivity index (χ1v) is 6.19. The molecule has 104 valence electrons. The van der Waals surface area contributed by atoms with Crippen LogP contribution in [-0.4, -0.2) is 23.2 Å². The van der Waals surface area contributed by atoms with Crippen molar-refractivity contribution in [2.75, 3.05) is 12.4 Å². The lowest BCUT2D eigenvalue weighted by molar-refractivity contribution is 0.0698. The molecule has 0 aliphatic carbocycles. The van der Waals surface area contributed by atoms with Gasteiger partial charge >= 0.3 is 5.97 Å². The molecule has 2 aromatic rings. The van der Waals surface area contributed by atoms with E-state index in [4.69, 9.17) is 9.84 Å². The molecule has 0 saturated carbocycles. The zero-order valence-corrected chi connectivity index (χ0v) is 11.3. The largest absolute Gasteiger partial charge is 0.497 e. The number of carboxylic acids is 1. The Labute approximate surface area is 117 Å². The van der Waals surface area contributed by atoms with Crippen LogP contribution in [0.1, 0.15) is 28.9 Å². The van der Waals surface area contributed by atoms with E-state index in [2.05, 4.69) is 10.3 Å². The van der Waals surface area contributed by atoms with Crippen LogP contribution < -0.4 is 10.1 Å². The van der Waals surface area contributed by atoms with Crippen LogP contribution in [0.5, 0.6) is 5.75 Å². The van der Waals surface area contributed by atoms with Gasteiger partial charge in [-0.2, -0.15) is 0 Å². The highest BCUT2D eigenvalue weighted by atomic mass is 16.5. The number of nitrogens with zero attached hydrogens (tertiary/aromatic N) is 1. The predicted molar refractivity (Wildman–Crippen MR) is 76.2 cm³/mol. The molecule has 1 unspecified atom stereocenters. The third-order valence-electron chi connectivity index (χ3n) is 3.04. The first-order chi connectivity index (χ1) is 9.61. The molecule has 5 nitrogen and oxygen atoms in total. The Bertz CT molecular complexity index is 596. The minimum Gasteiger partial charge on any atom is -0.497 e. The SMILES string of the molecule is COc1ccc(C(C)Nc2cnccc2C(=O)O)cc1. The number of methoxy groups -OCH3 is 1. The van der Waals surface area contributed by atoms with E-state index >= 15 is 0 Å². The number of benzene rings is 1. The first kappa shape index (κ1) is 13.9. The van der Waals surface area contributed by atoms with Gasteiger partial charge in [0.25, 0.3) is 0 Å². The van der Waals surface area contributed by atoms with E-state index in [-0.39, 0.29) is 11.6 Å². The van der Waals surface area contributed by atoms with E-state index in [1.54, 1.807) is 7.11 Å². The van der Waals surface area contributed by atoms with Crippen LogP contribution in [0.3, 0.4) is 0 Å². The summed E-state index contributed by atoms with van der Waals surface area (Å²) < 4.78 is 5.11. The molecule has 0 radical (unpaired) electrons. The molecule has 1 aromatic heterocycles. The predicted octanol–water partition coefficient (Wildman–Crippen LogP) is 2.96. The van der Waals surface area contributed by atoms with E-state index in [1.807, 2.05) is 31.2 Å². The lowest BCUT2D eigenvalue weighted by atomic mass is 10.1. The average molecular weight is 272 g/mol. The molecule has 0 amide bonds. The molecule has 0 aliphatic heterocycles. The molecule has 1 heterocycles. The summed E-state index contributed by atoms with van der Waals surface area (Å²) in [4.78, 5) is 15.1. The molecule has 0 fully saturated rings. The Morgan fingerprint density at radius 2 is 2.00 bits per heavy atom. The maximum atomic E-state index is 11.1. The molecular weight excluding hydrogens is 256 g/mol. The van der Waals surface area contributed by atoms with Crippen molar-refractivity contribution >= 4 is 11.7 Å². The van der Waals surface area contributed by atoms with Gasteiger partial charge in [0.2, 0.25) is 0 Å². The van der Waals surface area contributed by atoms with Gasteiger partial charge in [0, 0.05) is 12.2 Å². The Kier molecular flexibility index (Phi) is 4.20. The Hall–Kier alpha value is -2.56. The second-order valence-corrected chi connectivity index (χ2v) is 4.37. The van der Waals surface area contributed by atoms with Crippen LogP contribution >= 0.6 is 0 Å². The zero-order chi connectivity index (χ0) is 14.5. The molecule has 0 spiro atoms. The number of hydrogen-bond donors (Lipinski definition) is 2. The molecule has 0 bridgehead atoms. The number of aromatic carboxylic acids is 1. The summed E-state index contributed by atoms with van der Waals surface area (Å²) in [6.07, 6.45) is 2.98. The number of pyridine rings is 1. The van der Waals surface area contributed by atoms with Gasteiger partial charge in [-0.15, -0.1) is 0 Å². The molecule has 1 aromatic carbocycles. The number of hydrogen-bond acceptors (Lipinski definition) is 4. The second kappa shape index (κ2) is 6.06. The molecule has 0 aliphatic rings. The summed E-state index contributed by atoms with van der Waals surface area (Å²) >= 11 is 0. The van der Waals surface area contributed by atoms with Crippen LogP contribution in [0.25, 0.3) is 0 Å². The van der Waals surface area contributed by atoms with Crippen LogP contribution in [0.2, 0.25) is 0 Å². The van der Waals surface area contributed by atoms with E-state index in [0.29, 0.717) is 5.69 Å². The fraction of sp³-hybridized carbons (Fsp3) is 0.200. The van der Waals surface area contributed by atoms with Crippen LogP contribution in [0, 0.1) is 0 Å². The first-order valence-electron chi connectivity index (χ1n) is 6.19. The summed E-state index contributed by atoms with van der Waals surface area (Å²) in [5.74, 6) is -0.189. The van der Waals surface area contributed by atoms with E-state index < -0.39 is 5.97 Å². The standard InChI is InChI=1S/C15H16N2O3/c1-10(11-3-5-12(20-2)6-4-11)17-14-9-16-8-7-13(14)15(18)19/h3-10,17H,1-2H3,(H,18,19). The van der Waals surface area contributed by atoms with Crippen molar-refractivity contribution in [1.29, 1.82) is 0 Å². The fourth-order valence-electron chi connectivity index (χ4n) is 1.91. The van der Waals surface area contributed by atoms with E-state index in [1.165, 1.54) is 18.5 Å². The smallest absolute Gasteiger partial charge is 0.337 e. The minimum atomic E-state index is -0.975. The highest BCUT2D eigenvalue weighted by Gasteiger charge is 2.12. The number of nitrogens with one attached hydrogen (secondary N) is 1. The normalized spacial score (nSPS) is 11.7. The maximum Gasteiger partial charge on any atom is 0.337 e. The third kappa shape index (κ3) is 3.06. The second-order valence-electron chi connectivity index (χ2n) is 4.37. The maximum absolute atomic E-state index is 11.1. The summed E-state index contributed by atoms with van der Waals surface area (Å²) in [7, 11) is 1.62. The topological polar surface area (TPSA) is 71.5 Å². The fourth-order valence-corrected chi connectivity index (χ4v) is 1.91. The summed E-state index contributed by atoms with van der Waals surface area (Å²) in [5, 5.41) is 12.3. The monoisotopic (exact) mass is 272 g/mol. The number of ether oxygens (including phenoxy) is 1.